The lowest BCUT2D eigenvalue weighted by molar-refractivity contribution is -0.114. The molecular weight excluding hydrogens is 388 g/mol. The van der Waals surface area contributed by atoms with E-state index in [0.717, 1.165) is 20.5 Å². The molecule has 126 valence electrons. The first kappa shape index (κ1) is 18.5. The molecule has 2 N–H and O–H groups in total. The topological polar surface area (TPSA) is 58.2 Å². The molecule has 24 heavy (non-hydrogen) atoms. The van der Waals surface area contributed by atoms with Gasteiger partial charge in [0.25, 0.3) is 0 Å². The van der Waals surface area contributed by atoms with Gasteiger partial charge in [-0.2, -0.15) is 0 Å². The Morgan fingerprint density at radius 1 is 1.00 bits per heavy atom. The smallest absolute Gasteiger partial charge is 0.234 e. The quantitative estimate of drug-likeness (QED) is 0.703. The van der Waals surface area contributed by atoms with E-state index in [1.807, 2.05) is 13.8 Å². The van der Waals surface area contributed by atoms with Crippen LogP contribution < -0.4 is 10.6 Å². The third-order valence-electron chi connectivity index (χ3n) is 3.30. The molecule has 0 spiro atoms. The van der Waals surface area contributed by atoms with E-state index in [1.165, 1.54) is 18.7 Å². The van der Waals surface area contributed by atoms with Crippen molar-refractivity contribution in [2.75, 3.05) is 16.4 Å². The molecule has 2 aromatic rings. The Hall–Kier alpha value is -1.79. The van der Waals surface area contributed by atoms with Gasteiger partial charge >= 0.3 is 0 Å². The van der Waals surface area contributed by atoms with Crippen molar-refractivity contribution in [1.82, 2.24) is 0 Å². The molecule has 0 saturated heterocycles. The largest absolute Gasteiger partial charge is 0.326 e. The molecule has 4 nitrogen and oxygen atoms in total. The third-order valence-corrected chi connectivity index (χ3v) is 5.32. The molecule has 2 amide bonds. The zero-order valence-electron chi connectivity index (χ0n) is 13.8. The normalized spacial score (nSPS) is 10.3. The van der Waals surface area contributed by atoms with Crippen molar-refractivity contribution in [3.05, 3.63) is 52.0 Å². The Morgan fingerprint density at radius 3 is 2.17 bits per heavy atom. The number of nitrogens with one attached hydrogen (secondary N) is 2. The fourth-order valence-corrected chi connectivity index (χ4v) is 3.45. The minimum Gasteiger partial charge on any atom is -0.326 e. The lowest BCUT2D eigenvalue weighted by Crippen LogP contribution is -2.14. The number of benzene rings is 2. The number of halogens is 1. The standard InChI is InChI=1S/C18H19BrN2O2S/c1-11-9-17(12(2)8-16(11)19)24-10-18(23)21-15-6-4-14(5-7-15)20-13(3)22/h4-9H,10H2,1-3H3,(H,20,22)(H,21,23). The van der Waals surface area contributed by atoms with Crippen LogP contribution in [0.5, 0.6) is 0 Å². The van der Waals surface area contributed by atoms with E-state index < -0.39 is 0 Å². The van der Waals surface area contributed by atoms with Gasteiger partial charge in [0.15, 0.2) is 0 Å². The fraction of sp³-hybridized carbons (Fsp3) is 0.222. The lowest BCUT2D eigenvalue weighted by Gasteiger charge is -2.10. The van der Waals surface area contributed by atoms with Crippen LogP contribution in [0.1, 0.15) is 18.1 Å². The third kappa shape index (κ3) is 5.39. The van der Waals surface area contributed by atoms with Crippen molar-refractivity contribution in [2.45, 2.75) is 25.7 Å². The summed E-state index contributed by atoms with van der Waals surface area (Å²) in [4.78, 5) is 24.2. The second kappa shape index (κ2) is 8.35. The zero-order valence-corrected chi connectivity index (χ0v) is 16.2. The second-order valence-electron chi connectivity index (χ2n) is 5.46. The van der Waals surface area contributed by atoms with Gasteiger partial charge in [-0.1, -0.05) is 15.9 Å². The second-order valence-corrected chi connectivity index (χ2v) is 7.33. The van der Waals surface area contributed by atoms with Crippen LogP contribution in [0, 0.1) is 13.8 Å². The highest BCUT2D eigenvalue weighted by atomic mass is 79.9. The van der Waals surface area contributed by atoms with Crippen molar-refractivity contribution in [2.24, 2.45) is 0 Å². The van der Waals surface area contributed by atoms with Gasteiger partial charge in [0.05, 0.1) is 5.75 Å². The molecule has 0 bridgehead atoms. The Bertz CT molecular complexity index is 760. The van der Waals surface area contributed by atoms with Gasteiger partial charge in [0.2, 0.25) is 11.8 Å². The van der Waals surface area contributed by atoms with E-state index in [-0.39, 0.29) is 11.8 Å². The first-order valence-electron chi connectivity index (χ1n) is 7.42. The van der Waals surface area contributed by atoms with Gasteiger partial charge in [-0.25, -0.2) is 0 Å². The van der Waals surface area contributed by atoms with Gasteiger partial charge in [0.1, 0.15) is 0 Å². The van der Waals surface area contributed by atoms with E-state index in [1.54, 1.807) is 24.3 Å². The summed E-state index contributed by atoms with van der Waals surface area (Å²) >= 11 is 5.03. The van der Waals surface area contributed by atoms with Crippen LogP contribution in [-0.4, -0.2) is 17.6 Å². The van der Waals surface area contributed by atoms with Crippen LogP contribution in [0.25, 0.3) is 0 Å². The fourth-order valence-electron chi connectivity index (χ4n) is 2.09. The molecule has 0 atom stereocenters. The molecule has 0 fully saturated rings. The molecule has 2 rings (SSSR count). The first-order valence-corrected chi connectivity index (χ1v) is 9.20. The molecule has 6 heteroatoms. The van der Waals surface area contributed by atoms with Crippen molar-refractivity contribution < 1.29 is 9.59 Å². The number of thioether (sulfide) groups is 1. The molecule has 2 aromatic carbocycles. The average Bonchev–Trinajstić information content (AvgIpc) is 2.51. The Kier molecular flexibility index (Phi) is 6.45. The maximum atomic E-state index is 12.1. The van der Waals surface area contributed by atoms with E-state index in [0.29, 0.717) is 17.1 Å². The number of aryl methyl sites for hydroxylation is 2. The van der Waals surface area contributed by atoms with Crippen molar-refractivity contribution in [1.29, 1.82) is 0 Å². The van der Waals surface area contributed by atoms with Crippen LogP contribution in [0.3, 0.4) is 0 Å². The summed E-state index contributed by atoms with van der Waals surface area (Å²) in [6.07, 6.45) is 0. The van der Waals surface area contributed by atoms with Gasteiger partial charge < -0.3 is 10.6 Å². The van der Waals surface area contributed by atoms with Gasteiger partial charge in [0, 0.05) is 27.7 Å². The summed E-state index contributed by atoms with van der Waals surface area (Å²) in [5, 5.41) is 5.54. The van der Waals surface area contributed by atoms with Crippen LogP contribution in [-0.2, 0) is 9.59 Å². The van der Waals surface area contributed by atoms with Crippen LogP contribution in [0.15, 0.2) is 45.8 Å². The highest BCUT2D eigenvalue weighted by molar-refractivity contribution is 9.10. The van der Waals surface area contributed by atoms with Crippen molar-refractivity contribution in [3.63, 3.8) is 0 Å². The van der Waals surface area contributed by atoms with Crippen LogP contribution in [0.4, 0.5) is 11.4 Å². The number of carbonyl (C=O) groups excluding carboxylic acids is 2. The van der Waals surface area contributed by atoms with E-state index in [2.05, 4.69) is 38.7 Å². The number of anilines is 2. The van der Waals surface area contributed by atoms with Gasteiger partial charge in [-0.3, -0.25) is 9.59 Å². The molecule has 0 aromatic heterocycles. The maximum Gasteiger partial charge on any atom is 0.234 e. The van der Waals surface area contributed by atoms with E-state index in [9.17, 15) is 9.59 Å². The predicted octanol–water partition coefficient (Wildman–Crippen LogP) is 4.76. The molecule has 0 aliphatic heterocycles. The van der Waals surface area contributed by atoms with Gasteiger partial charge in [-0.15, -0.1) is 11.8 Å². The summed E-state index contributed by atoms with van der Waals surface area (Å²) in [5.41, 5.74) is 3.70. The number of hydrogen-bond acceptors (Lipinski definition) is 3. The van der Waals surface area contributed by atoms with Crippen molar-refractivity contribution in [3.8, 4) is 0 Å². The maximum absolute atomic E-state index is 12.1. The number of carbonyl (C=O) groups is 2. The molecule has 0 saturated carbocycles. The van der Waals surface area contributed by atoms with Crippen molar-refractivity contribution >= 4 is 50.9 Å². The zero-order chi connectivity index (χ0) is 17.7. The SMILES string of the molecule is CC(=O)Nc1ccc(NC(=O)CSc2cc(C)c(Br)cc2C)cc1. The number of amides is 2. The molecule has 0 unspecified atom stereocenters. The molecule has 0 radical (unpaired) electrons. The number of hydrogen-bond donors (Lipinski definition) is 2. The molecule has 0 heterocycles. The van der Waals surface area contributed by atoms with E-state index >= 15 is 0 Å². The summed E-state index contributed by atoms with van der Waals surface area (Å²) < 4.78 is 1.08. The summed E-state index contributed by atoms with van der Waals surface area (Å²) in [5.74, 6) is 0.158. The predicted molar refractivity (Wildman–Crippen MR) is 104 cm³/mol. The summed E-state index contributed by atoms with van der Waals surface area (Å²) in [6, 6.07) is 11.2. The minimum atomic E-state index is -0.122. The molecule has 0 aliphatic rings. The minimum absolute atomic E-state index is 0.0627. The first-order chi connectivity index (χ1) is 11.3. The summed E-state index contributed by atoms with van der Waals surface area (Å²) in [7, 11) is 0. The average molecular weight is 407 g/mol. The Balaban J connectivity index is 1.91. The highest BCUT2D eigenvalue weighted by Crippen LogP contribution is 2.28. The van der Waals surface area contributed by atoms with Crippen LogP contribution in [0.2, 0.25) is 0 Å². The Morgan fingerprint density at radius 2 is 1.58 bits per heavy atom. The lowest BCUT2D eigenvalue weighted by atomic mass is 10.2. The highest BCUT2D eigenvalue weighted by Gasteiger charge is 2.08. The Labute approximate surface area is 154 Å². The monoisotopic (exact) mass is 406 g/mol. The van der Waals surface area contributed by atoms with Crippen LogP contribution >= 0.6 is 27.7 Å². The van der Waals surface area contributed by atoms with E-state index in [4.69, 9.17) is 0 Å². The summed E-state index contributed by atoms with van der Waals surface area (Å²) in [6.45, 7) is 5.52. The number of rotatable bonds is 5. The molecule has 0 aliphatic carbocycles. The molecular formula is C18H19BrN2O2S. The van der Waals surface area contributed by atoms with Gasteiger partial charge in [-0.05, 0) is 61.4 Å².